The third-order valence-corrected chi connectivity index (χ3v) is 1.80. The number of carbonyl (C=O) groups is 1. The second kappa shape index (κ2) is 4.03. The van der Waals surface area contributed by atoms with Crippen LogP contribution in [0.3, 0.4) is 0 Å². The van der Waals surface area contributed by atoms with Crippen molar-refractivity contribution in [3.63, 3.8) is 0 Å². The summed E-state index contributed by atoms with van der Waals surface area (Å²) < 4.78 is 13.0. The van der Waals surface area contributed by atoms with Gasteiger partial charge >= 0.3 is 0 Å². The zero-order valence-electron chi connectivity index (χ0n) is 7.34. The number of aromatic carboxylic acids is 1. The van der Waals surface area contributed by atoms with Crippen molar-refractivity contribution in [2.75, 3.05) is 0 Å². The minimum atomic E-state index is -1.27. The van der Waals surface area contributed by atoms with Crippen LogP contribution in [0.4, 0.5) is 4.39 Å². The lowest BCUT2D eigenvalue weighted by atomic mass is 10.1. The molecule has 0 radical (unpaired) electrons. The molecule has 3 heteroatoms. The van der Waals surface area contributed by atoms with Crippen molar-refractivity contribution in [3.8, 4) is 0 Å². The predicted molar refractivity (Wildman–Crippen MR) is 44.7 cm³/mol. The molecule has 0 spiro atoms. The fourth-order valence-corrected chi connectivity index (χ4v) is 1.16. The second-order valence-electron chi connectivity index (χ2n) is 2.84. The number of aryl methyl sites for hydroxylation is 1. The van der Waals surface area contributed by atoms with Crippen LogP contribution < -0.4 is 5.11 Å². The van der Waals surface area contributed by atoms with Crippen LogP contribution in [0.15, 0.2) is 18.2 Å². The average Bonchev–Trinajstić information content (AvgIpc) is 2.08. The van der Waals surface area contributed by atoms with Gasteiger partial charge in [-0.05, 0) is 29.7 Å². The summed E-state index contributed by atoms with van der Waals surface area (Å²) in [4.78, 5) is 10.4. The Morgan fingerprint density at radius 2 is 2.23 bits per heavy atom. The largest absolute Gasteiger partial charge is 0.545 e. The van der Waals surface area contributed by atoms with Gasteiger partial charge in [0, 0.05) is 0 Å². The molecule has 0 unspecified atom stereocenters. The number of hydrogen-bond donors (Lipinski definition) is 0. The van der Waals surface area contributed by atoms with E-state index >= 15 is 0 Å². The lowest BCUT2D eigenvalue weighted by Gasteiger charge is -2.06. The van der Waals surface area contributed by atoms with Gasteiger partial charge in [-0.1, -0.05) is 19.4 Å². The number of carboxylic acids is 1. The van der Waals surface area contributed by atoms with Gasteiger partial charge in [-0.15, -0.1) is 0 Å². The first-order valence-corrected chi connectivity index (χ1v) is 4.15. The predicted octanol–water partition coefficient (Wildman–Crippen LogP) is 1.14. The zero-order chi connectivity index (χ0) is 9.84. The van der Waals surface area contributed by atoms with Crippen molar-refractivity contribution in [2.24, 2.45) is 0 Å². The van der Waals surface area contributed by atoms with Crippen LogP contribution in [0.1, 0.15) is 29.3 Å². The molecular formula is C10H10FO2-. The van der Waals surface area contributed by atoms with Crippen LogP contribution in [0.2, 0.25) is 0 Å². The van der Waals surface area contributed by atoms with E-state index in [9.17, 15) is 14.3 Å². The van der Waals surface area contributed by atoms with Crippen molar-refractivity contribution in [3.05, 3.63) is 35.1 Å². The van der Waals surface area contributed by atoms with Gasteiger partial charge < -0.3 is 9.90 Å². The Balaban J connectivity index is 3.03. The minimum Gasteiger partial charge on any atom is -0.545 e. The summed E-state index contributed by atoms with van der Waals surface area (Å²) in [5, 5.41) is 10.4. The maximum atomic E-state index is 13.0. The molecule has 0 aliphatic rings. The van der Waals surface area contributed by atoms with Crippen LogP contribution in [0, 0.1) is 5.82 Å². The third kappa shape index (κ3) is 2.28. The number of halogens is 1. The fourth-order valence-electron chi connectivity index (χ4n) is 1.16. The van der Waals surface area contributed by atoms with E-state index < -0.39 is 5.97 Å². The molecule has 0 amide bonds. The first kappa shape index (κ1) is 9.71. The van der Waals surface area contributed by atoms with Gasteiger partial charge in [0.05, 0.1) is 5.97 Å². The highest BCUT2D eigenvalue weighted by Gasteiger charge is 2.02. The quantitative estimate of drug-likeness (QED) is 0.701. The molecule has 1 aromatic rings. The Hall–Kier alpha value is -1.38. The van der Waals surface area contributed by atoms with Gasteiger partial charge in [-0.2, -0.15) is 0 Å². The lowest BCUT2D eigenvalue weighted by molar-refractivity contribution is -0.255. The van der Waals surface area contributed by atoms with Crippen molar-refractivity contribution in [1.82, 2.24) is 0 Å². The Morgan fingerprint density at radius 1 is 1.54 bits per heavy atom. The zero-order valence-corrected chi connectivity index (χ0v) is 7.34. The van der Waals surface area contributed by atoms with Gasteiger partial charge in [0.15, 0.2) is 0 Å². The van der Waals surface area contributed by atoms with Crippen molar-refractivity contribution >= 4 is 5.97 Å². The van der Waals surface area contributed by atoms with E-state index in [2.05, 4.69) is 0 Å². The summed E-state index contributed by atoms with van der Waals surface area (Å²) >= 11 is 0. The van der Waals surface area contributed by atoms with E-state index in [1.807, 2.05) is 6.92 Å². The minimum absolute atomic E-state index is 0.0323. The first-order valence-electron chi connectivity index (χ1n) is 4.15. The molecule has 0 saturated carbocycles. The Labute approximate surface area is 76.0 Å². The summed E-state index contributed by atoms with van der Waals surface area (Å²) in [5.41, 5.74) is 0.467. The van der Waals surface area contributed by atoms with Gasteiger partial charge in [-0.25, -0.2) is 4.39 Å². The van der Waals surface area contributed by atoms with Crippen LogP contribution in [0.5, 0.6) is 0 Å². The standard InChI is InChI=1S/C10H11FO2/c1-2-3-7-6-8(10(12)13)4-5-9(7)11/h4-6H,2-3H2,1H3,(H,12,13)/p-1. The van der Waals surface area contributed by atoms with Gasteiger partial charge in [0.2, 0.25) is 0 Å². The Bertz CT molecular complexity index is 321. The molecule has 1 rings (SSSR count). The summed E-state index contributed by atoms with van der Waals surface area (Å²) in [5.74, 6) is -1.62. The molecule has 0 atom stereocenters. The highest BCUT2D eigenvalue weighted by molar-refractivity contribution is 5.85. The van der Waals surface area contributed by atoms with E-state index in [-0.39, 0.29) is 11.4 Å². The number of benzene rings is 1. The molecule has 0 aromatic heterocycles. The Morgan fingerprint density at radius 3 is 2.77 bits per heavy atom. The van der Waals surface area contributed by atoms with Crippen LogP contribution in [-0.2, 0) is 6.42 Å². The molecule has 0 N–H and O–H groups in total. The number of carbonyl (C=O) groups excluding carboxylic acids is 1. The molecule has 0 heterocycles. The van der Waals surface area contributed by atoms with Crippen LogP contribution in [-0.4, -0.2) is 5.97 Å². The van der Waals surface area contributed by atoms with E-state index in [1.54, 1.807) is 0 Å². The third-order valence-electron chi connectivity index (χ3n) is 1.80. The van der Waals surface area contributed by atoms with Crippen LogP contribution >= 0.6 is 0 Å². The lowest BCUT2D eigenvalue weighted by Crippen LogP contribution is -2.22. The van der Waals surface area contributed by atoms with Crippen LogP contribution in [0.25, 0.3) is 0 Å². The molecule has 2 nitrogen and oxygen atoms in total. The van der Waals surface area contributed by atoms with E-state index in [1.165, 1.54) is 12.1 Å². The normalized spacial score (nSPS) is 10.0. The summed E-state index contributed by atoms with van der Waals surface area (Å²) in [6, 6.07) is 3.70. The maximum absolute atomic E-state index is 13.0. The van der Waals surface area contributed by atoms with Gasteiger partial charge in [-0.3, -0.25) is 0 Å². The molecule has 0 saturated heterocycles. The number of rotatable bonds is 3. The van der Waals surface area contributed by atoms with Crippen molar-refractivity contribution in [1.29, 1.82) is 0 Å². The molecule has 1 aromatic carbocycles. The van der Waals surface area contributed by atoms with Gasteiger partial charge in [0.1, 0.15) is 5.82 Å². The van der Waals surface area contributed by atoms with Crippen molar-refractivity contribution < 1.29 is 14.3 Å². The second-order valence-corrected chi connectivity index (χ2v) is 2.84. The Kier molecular flexibility index (Phi) is 3.01. The van der Waals surface area contributed by atoms with E-state index in [4.69, 9.17) is 0 Å². The summed E-state index contributed by atoms with van der Waals surface area (Å²) in [7, 11) is 0. The van der Waals surface area contributed by atoms with E-state index in [0.29, 0.717) is 12.0 Å². The molecule has 0 aliphatic heterocycles. The first-order chi connectivity index (χ1) is 6.15. The number of carboxylic acid groups (broad SMARTS) is 1. The highest BCUT2D eigenvalue weighted by Crippen LogP contribution is 2.11. The molecule has 0 bridgehead atoms. The van der Waals surface area contributed by atoms with Gasteiger partial charge in [0.25, 0.3) is 0 Å². The molecule has 0 fully saturated rings. The van der Waals surface area contributed by atoms with E-state index in [0.717, 1.165) is 12.5 Å². The SMILES string of the molecule is CCCc1cc(C(=O)[O-])ccc1F. The monoisotopic (exact) mass is 181 g/mol. The summed E-state index contributed by atoms with van der Waals surface area (Å²) in [6.45, 7) is 1.91. The molecule has 0 aliphatic carbocycles. The average molecular weight is 181 g/mol. The maximum Gasteiger partial charge on any atom is 0.126 e. The van der Waals surface area contributed by atoms with Crippen molar-refractivity contribution in [2.45, 2.75) is 19.8 Å². The number of hydrogen-bond acceptors (Lipinski definition) is 2. The topological polar surface area (TPSA) is 40.1 Å². The molecule has 70 valence electrons. The smallest absolute Gasteiger partial charge is 0.126 e. The highest BCUT2D eigenvalue weighted by atomic mass is 19.1. The molecule has 13 heavy (non-hydrogen) atoms. The molecular weight excluding hydrogens is 171 g/mol. The summed E-state index contributed by atoms with van der Waals surface area (Å²) in [6.07, 6.45) is 1.33. The fraction of sp³-hybridized carbons (Fsp3) is 0.300.